The Morgan fingerprint density at radius 2 is 1.45 bits per heavy atom. The Hall–Kier alpha value is -1.66. The molecule has 1 aromatic rings. The first-order valence-electron chi connectivity index (χ1n) is 6.99. The molecule has 1 aromatic carbocycles. The number of rotatable bonds is 2. The Kier molecular flexibility index (Phi) is 2.81. The fraction of sp³-hybridized carbons (Fsp3) is 0.333. The van der Waals surface area contributed by atoms with Crippen LogP contribution < -0.4 is 4.90 Å². The molecule has 0 spiro atoms. The molecule has 114 valence electrons. The fourth-order valence-corrected chi connectivity index (χ4v) is 4.68. The maximum Gasteiger partial charge on any atom is 0.261 e. The van der Waals surface area contributed by atoms with E-state index in [4.69, 9.17) is 10.7 Å². The zero-order valence-electron chi connectivity index (χ0n) is 11.3. The van der Waals surface area contributed by atoms with Crippen molar-refractivity contribution in [2.45, 2.75) is 11.3 Å². The van der Waals surface area contributed by atoms with Crippen LogP contribution in [-0.4, -0.2) is 20.2 Å². The molecule has 4 rings (SSSR count). The van der Waals surface area contributed by atoms with Crippen LogP contribution >= 0.6 is 10.7 Å². The zero-order valence-corrected chi connectivity index (χ0v) is 12.9. The first-order valence-corrected chi connectivity index (χ1v) is 9.30. The van der Waals surface area contributed by atoms with E-state index in [0.717, 1.165) is 6.42 Å². The second-order valence-electron chi connectivity index (χ2n) is 5.94. The molecule has 5 nitrogen and oxygen atoms in total. The summed E-state index contributed by atoms with van der Waals surface area (Å²) in [4.78, 5) is 26.3. The Bertz CT molecular complexity index is 784. The van der Waals surface area contributed by atoms with Crippen molar-refractivity contribution in [3.8, 4) is 0 Å². The third-order valence-corrected chi connectivity index (χ3v) is 6.22. The molecule has 2 aliphatic carbocycles. The number of halogens is 1. The number of benzene rings is 1. The molecule has 0 radical (unpaired) electrons. The number of allylic oxidation sites excluding steroid dienone is 2. The second-order valence-corrected chi connectivity index (χ2v) is 8.51. The van der Waals surface area contributed by atoms with Gasteiger partial charge in [0.2, 0.25) is 11.8 Å². The summed E-state index contributed by atoms with van der Waals surface area (Å²) in [6.45, 7) is 0. The first kappa shape index (κ1) is 14.0. The largest absolute Gasteiger partial charge is 0.274 e. The molecule has 1 aliphatic heterocycles. The summed E-state index contributed by atoms with van der Waals surface area (Å²) in [5.41, 5.74) is 0.396. The highest BCUT2D eigenvalue weighted by Gasteiger charge is 2.59. The lowest BCUT2D eigenvalue weighted by Crippen LogP contribution is -2.32. The van der Waals surface area contributed by atoms with Gasteiger partial charge in [0, 0.05) is 10.7 Å². The van der Waals surface area contributed by atoms with Gasteiger partial charge in [0.15, 0.2) is 0 Å². The summed E-state index contributed by atoms with van der Waals surface area (Å²) in [5.74, 6) is -0.600. The van der Waals surface area contributed by atoms with E-state index in [1.165, 1.54) is 29.2 Å². The van der Waals surface area contributed by atoms with Crippen molar-refractivity contribution in [1.82, 2.24) is 0 Å². The van der Waals surface area contributed by atoms with Crippen LogP contribution in [0.5, 0.6) is 0 Å². The van der Waals surface area contributed by atoms with E-state index in [1.807, 2.05) is 12.2 Å². The third kappa shape index (κ3) is 1.80. The highest BCUT2D eigenvalue weighted by atomic mass is 35.7. The number of hydrogen-bond acceptors (Lipinski definition) is 4. The molecule has 0 aromatic heterocycles. The van der Waals surface area contributed by atoms with Gasteiger partial charge in [-0.3, -0.25) is 14.5 Å². The van der Waals surface area contributed by atoms with Crippen molar-refractivity contribution in [2.75, 3.05) is 4.90 Å². The fourth-order valence-electron chi connectivity index (χ4n) is 3.91. The molecular formula is C15H12ClNO4S. The number of amides is 2. The van der Waals surface area contributed by atoms with Crippen LogP contribution in [0.4, 0.5) is 5.69 Å². The van der Waals surface area contributed by atoms with Gasteiger partial charge in [-0.2, -0.15) is 0 Å². The van der Waals surface area contributed by atoms with Gasteiger partial charge in [-0.15, -0.1) is 0 Å². The molecule has 22 heavy (non-hydrogen) atoms. The smallest absolute Gasteiger partial charge is 0.261 e. The lowest BCUT2D eigenvalue weighted by molar-refractivity contribution is -0.123. The average molecular weight is 338 g/mol. The maximum atomic E-state index is 12.6. The first-order chi connectivity index (χ1) is 10.4. The van der Waals surface area contributed by atoms with E-state index >= 15 is 0 Å². The van der Waals surface area contributed by atoms with E-state index < -0.39 is 9.05 Å². The Morgan fingerprint density at radius 1 is 0.955 bits per heavy atom. The number of carbonyl (C=O) groups is 2. The Morgan fingerprint density at radius 3 is 1.91 bits per heavy atom. The molecule has 0 N–H and O–H groups in total. The van der Waals surface area contributed by atoms with Gasteiger partial charge in [0.25, 0.3) is 9.05 Å². The van der Waals surface area contributed by atoms with Gasteiger partial charge in [0.05, 0.1) is 22.4 Å². The van der Waals surface area contributed by atoms with E-state index in [9.17, 15) is 18.0 Å². The zero-order chi connectivity index (χ0) is 15.6. The molecule has 2 amide bonds. The molecular weight excluding hydrogens is 326 g/mol. The molecule has 2 fully saturated rings. The Labute approximate surface area is 132 Å². The van der Waals surface area contributed by atoms with E-state index in [1.54, 1.807) is 0 Å². The topological polar surface area (TPSA) is 71.5 Å². The van der Waals surface area contributed by atoms with Crippen molar-refractivity contribution in [2.24, 2.45) is 23.7 Å². The highest BCUT2D eigenvalue weighted by Crippen LogP contribution is 2.53. The third-order valence-electron chi connectivity index (χ3n) is 4.85. The number of hydrogen-bond donors (Lipinski definition) is 0. The summed E-state index contributed by atoms with van der Waals surface area (Å²) in [6, 6.07) is 5.50. The van der Waals surface area contributed by atoms with Crippen molar-refractivity contribution in [3.63, 3.8) is 0 Å². The minimum atomic E-state index is -3.82. The maximum absolute atomic E-state index is 12.6. The number of carbonyl (C=O) groups excluding carboxylic acids is 2. The van der Waals surface area contributed by atoms with Gasteiger partial charge in [0.1, 0.15) is 0 Å². The van der Waals surface area contributed by atoms with Gasteiger partial charge in [-0.1, -0.05) is 12.2 Å². The van der Waals surface area contributed by atoms with Crippen molar-refractivity contribution in [1.29, 1.82) is 0 Å². The molecule has 1 saturated heterocycles. The molecule has 1 saturated carbocycles. The minimum Gasteiger partial charge on any atom is -0.274 e. The average Bonchev–Trinajstić information content (AvgIpc) is 3.12. The summed E-state index contributed by atoms with van der Waals surface area (Å²) in [7, 11) is 1.45. The quantitative estimate of drug-likeness (QED) is 0.469. The van der Waals surface area contributed by atoms with E-state index in [-0.39, 0.29) is 40.4 Å². The van der Waals surface area contributed by atoms with Gasteiger partial charge in [-0.25, -0.2) is 8.42 Å². The summed E-state index contributed by atoms with van der Waals surface area (Å²) < 4.78 is 22.5. The number of anilines is 1. The number of fused-ring (bicyclic) bond motifs is 5. The standard InChI is InChI=1S/C15H12ClNO4S/c16-22(20,21)11-5-3-10(4-6-11)17-14(18)12-8-1-2-9(7-8)13(12)15(17)19/h1-6,8-9,12-13H,7H2/t8-,9?,12-,13+/m1/s1. The normalized spacial score (nSPS) is 32.9. The summed E-state index contributed by atoms with van der Waals surface area (Å²) in [5, 5.41) is 0. The van der Waals surface area contributed by atoms with Crippen LogP contribution in [0.15, 0.2) is 41.3 Å². The monoisotopic (exact) mass is 337 g/mol. The van der Waals surface area contributed by atoms with Gasteiger partial charge in [-0.05, 0) is 42.5 Å². The predicted molar refractivity (Wildman–Crippen MR) is 79.7 cm³/mol. The van der Waals surface area contributed by atoms with Gasteiger partial charge >= 0.3 is 0 Å². The van der Waals surface area contributed by atoms with Gasteiger partial charge < -0.3 is 0 Å². The molecule has 3 aliphatic rings. The minimum absolute atomic E-state index is 0.0565. The van der Waals surface area contributed by atoms with Crippen molar-refractivity contribution in [3.05, 3.63) is 36.4 Å². The summed E-state index contributed by atoms with van der Waals surface area (Å²) >= 11 is 0. The molecule has 2 bridgehead atoms. The molecule has 1 unspecified atom stereocenters. The van der Waals surface area contributed by atoms with Crippen LogP contribution in [0, 0.1) is 23.7 Å². The molecule has 7 heteroatoms. The number of nitrogens with zero attached hydrogens (tertiary/aromatic N) is 1. The predicted octanol–water partition coefficient (Wildman–Crippen LogP) is 1.93. The van der Waals surface area contributed by atoms with Crippen LogP contribution in [0.3, 0.4) is 0 Å². The lowest BCUT2D eigenvalue weighted by Gasteiger charge is -2.17. The van der Waals surface area contributed by atoms with Crippen LogP contribution in [0.2, 0.25) is 0 Å². The van der Waals surface area contributed by atoms with Crippen LogP contribution in [0.1, 0.15) is 6.42 Å². The van der Waals surface area contributed by atoms with Crippen LogP contribution in [-0.2, 0) is 18.6 Å². The van der Waals surface area contributed by atoms with Crippen molar-refractivity contribution < 1.29 is 18.0 Å². The van der Waals surface area contributed by atoms with E-state index in [2.05, 4.69) is 0 Å². The highest BCUT2D eigenvalue weighted by molar-refractivity contribution is 8.13. The summed E-state index contributed by atoms with van der Waals surface area (Å²) in [6.07, 6.45) is 4.94. The molecule has 4 atom stereocenters. The number of imide groups is 1. The van der Waals surface area contributed by atoms with Crippen molar-refractivity contribution >= 4 is 37.2 Å². The van der Waals surface area contributed by atoms with E-state index in [0.29, 0.717) is 5.69 Å². The SMILES string of the molecule is O=C1[C@@H]2[C@@H]3C=CC(C3)[C@@H]2C(=O)N1c1ccc(S(=O)(=O)Cl)cc1. The Balaban J connectivity index is 1.70. The lowest BCUT2D eigenvalue weighted by atomic mass is 9.85. The second kappa shape index (κ2) is 4.43. The molecule has 1 heterocycles. The van der Waals surface area contributed by atoms with Crippen LogP contribution in [0.25, 0.3) is 0 Å².